The van der Waals surface area contributed by atoms with Crippen molar-refractivity contribution in [3.8, 4) is 0 Å². The van der Waals surface area contributed by atoms with Crippen LogP contribution in [0.1, 0.15) is 0 Å². The van der Waals surface area contributed by atoms with Crippen molar-refractivity contribution in [1.29, 1.82) is 0 Å². The molecule has 1 radical (unpaired) electrons. The van der Waals surface area contributed by atoms with E-state index >= 15 is 0 Å². The van der Waals surface area contributed by atoms with E-state index in [1.165, 1.54) is 43.6 Å². The van der Waals surface area contributed by atoms with E-state index in [9.17, 15) is 0 Å². The lowest BCUT2D eigenvalue weighted by atomic mass is 10.1. The maximum Gasteiger partial charge on any atom is 0.401 e. The van der Waals surface area contributed by atoms with Crippen molar-refractivity contribution in [2.75, 3.05) is 0 Å². The zero-order chi connectivity index (χ0) is 17.8. The van der Waals surface area contributed by atoms with E-state index in [1.54, 1.807) is 0 Å². The van der Waals surface area contributed by atoms with Crippen LogP contribution in [0.5, 0.6) is 0 Å². The highest BCUT2D eigenvalue weighted by atomic mass is 15.0. The molecule has 0 aliphatic heterocycles. The van der Waals surface area contributed by atoms with E-state index < -0.39 is 0 Å². The Hall–Kier alpha value is -3.46. The predicted octanol–water partition coefficient (Wildman–Crippen LogP) is 5.83. The van der Waals surface area contributed by atoms with Crippen molar-refractivity contribution in [2.24, 2.45) is 0 Å². The summed E-state index contributed by atoms with van der Waals surface area (Å²) in [5.41, 5.74) is 4.89. The van der Waals surface area contributed by atoms with Crippen molar-refractivity contribution >= 4 is 51.2 Å². The summed E-state index contributed by atoms with van der Waals surface area (Å²) in [5.74, 6) is 0. The van der Waals surface area contributed by atoms with Crippen molar-refractivity contribution in [3.05, 3.63) is 97.1 Å². The molecule has 4 aromatic carbocycles. The maximum absolute atomic E-state index is 2.31. The SMILES string of the molecule is [B](n1c2ccccc2c2ccccc21)n1c2ccccc2c2ccccc21. The van der Waals surface area contributed by atoms with Crippen LogP contribution in [0.15, 0.2) is 97.1 Å². The van der Waals surface area contributed by atoms with Gasteiger partial charge < -0.3 is 8.96 Å². The molecule has 0 amide bonds. The number of hydrogen-bond donors (Lipinski definition) is 0. The van der Waals surface area contributed by atoms with Gasteiger partial charge in [-0.2, -0.15) is 0 Å². The third-order valence-electron chi connectivity index (χ3n) is 5.47. The fourth-order valence-corrected chi connectivity index (χ4v) is 4.27. The fraction of sp³-hybridized carbons (Fsp3) is 0. The van der Waals surface area contributed by atoms with Crippen LogP contribution in [0.25, 0.3) is 43.6 Å². The average molecular weight is 343 g/mol. The molecule has 0 unspecified atom stereocenters. The molecule has 2 aromatic heterocycles. The molecule has 0 N–H and O–H groups in total. The predicted molar refractivity (Wildman–Crippen MR) is 115 cm³/mol. The van der Waals surface area contributed by atoms with Gasteiger partial charge in [-0.15, -0.1) is 0 Å². The van der Waals surface area contributed by atoms with E-state index in [-0.39, 0.29) is 0 Å². The Bertz CT molecular complexity index is 1240. The van der Waals surface area contributed by atoms with Crippen molar-refractivity contribution < 1.29 is 0 Å². The molecule has 0 saturated carbocycles. The number of aromatic nitrogens is 2. The molecule has 0 spiro atoms. The first-order valence-corrected chi connectivity index (χ1v) is 9.22. The van der Waals surface area contributed by atoms with Crippen molar-refractivity contribution in [2.45, 2.75) is 0 Å². The van der Waals surface area contributed by atoms with Gasteiger partial charge >= 0.3 is 7.55 Å². The lowest BCUT2D eigenvalue weighted by Crippen LogP contribution is -2.16. The first-order chi connectivity index (χ1) is 13.4. The van der Waals surface area contributed by atoms with Crippen LogP contribution in [0, 0.1) is 0 Å². The van der Waals surface area contributed by atoms with Crippen LogP contribution >= 0.6 is 0 Å². The van der Waals surface area contributed by atoms with Gasteiger partial charge in [0.2, 0.25) is 0 Å². The van der Waals surface area contributed by atoms with Gasteiger partial charge in [-0.05, 0) is 24.3 Å². The minimum atomic E-state index is 1.22. The van der Waals surface area contributed by atoms with Crippen LogP contribution in [-0.2, 0) is 0 Å². The lowest BCUT2D eigenvalue weighted by molar-refractivity contribution is 1.23. The highest BCUT2D eigenvalue weighted by molar-refractivity contribution is 6.42. The first kappa shape index (κ1) is 14.7. The summed E-state index contributed by atoms with van der Waals surface area (Å²) in [6, 6.07) is 34.5. The second-order valence-corrected chi connectivity index (χ2v) is 6.92. The molecule has 125 valence electrons. The van der Waals surface area contributed by atoms with Crippen LogP contribution in [0.2, 0.25) is 0 Å². The quantitative estimate of drug-likeness (QED) is 0.350. The zero-order valence-electron chi connectivity index (χ0n) is 14.7. The molecule has 0 aliphatic carbocycles. The summed E-state index contributed by atoms with van der Waals surface area (Å²) < 4.78 is 4.62. The van der Waals surface area contributed by atoms with E-state index in [0.29, 0.717) is 0 Å². The molecule has 0 atom stereocenters. The van der Waals surface area contributed by atoms with Gasteiger partial charge in [-0.3, -0.25) is 0 Å². The highest BCUT2D eigenvalue weighted by Gasteiger charge is 2.15. The minimum absolute atomic E-state index is 1.22. The van der Waals surface area contributed by atoms with Gasteiger partial charge in [0.05, 0.1) is 0 Å². The molecule has 6 rings (SSSR count). The van der Waals surface area contributed by atoms with Gasteiger partial charge in [0, 0.05) is 43.6 Å². The van der Waals surface area contributed by atoms with E-state index in [2.05, 4.69) is 114 Å². The Morgan fingerprint density at radius 2 is 0.630 bits per heavy atom. The standard InChI is InChI=1S/C24H16BN2/c1-5-13-21-17(9-1)18-10-2-6-14-22(18)26(21)25-27-23-15-7-3-11-19(23)20-12-4-8-16-24(20)27/h1-16H. The van der Waals surface area contributed by atoms with E-state index in [0.717, 1.165) is 0 Å². The molecule has 2 heterocycles. The molecule has 0 aliphatic rings. The summed E-state index contributed by atoms with van der Waals surface area (Å²) in [4.78, 5) is 0. The summed E-state index contributed by atoms with van der Waals surface area (Å²) in [7, 11) is 2.23. The monoisotopic (exact) mass is 343 g/mol. The van der Waals surface area contributed by atoms with Gasteiger partial charge in [-0.25, -0.2) is 0 Å². The normalized spacial score (nSPS) is 11.7. The Morgan fingerprint density at radius 1 is 0.370 bits per heavy atom. The van der Waals surface area contributed by atoms with E-state index in [1.807, 2.05) is 0 Å². The molecule has 0 bridgehead atoms. The largest absolute Gasteiger partial charge is 0.401 e. The highest BCUT2D eigenvalue weighted by Crippen LogP contribution is 2.31. The summed E-state index contributed by atoms with van der Waals surface area (Å²) in [6.45, 7) is 0. The van der Waals surface area contributed by atoms with Crippen LogP contribution in [0.3, 0.4) is 0 Å². The number of nitrogens with zero attached hydrogens (tertiary/aromatic N) is 2. The molecule has 27 heavy (non-hydrogen) atoms. The van der Waals surface area contributed by atoms with Gasteiger partial charge in [0.25, 0.3) is 0 Å². The number of para-hydroxylation sites is 4. The van der Waals surface area contributed by atoms with Gasteiger partial charge in [-0.1, -0.05) is 72.8 Å². The van der Waals surface area contributed by atoms with Crippen molar-refractivity contribution in [1.82, 2.24) is 8.96 Å². The van der Waals surface area contributed by atoms with Crippen LogP contribution in [0.4, 0.5) is 0 Å². The Balaban J connectivity index is 1.70. The number of hydrogen-bond acceptors (Lipinski definition) is 0. The third kappa shape index (κ3) is 2.03. The summed E-state index contributed by atoms with van der Waals surface area (Å²) >= 11 is 0. The maximum atomic E-state index is 2.31. The number of fused-ring (bicyclic) bond motifs is 6. The lowest BCUT2D eigenvalue weighted by Gasteiger charge is -2.09. The number of benzene rings is 4. The Morgan fingerprint density at radius 3 is 0.926 bits per heavy atom. The van der Waals surface area contributed by atoms with Gasteiger partial charge in [0.15, 0.2) is 0 Å². The molecule has 2 nitrogen and oxygen atoms in total. The Labute approximate surface area is 157 Å². The fourth-order valence-electron chi connectivity index (χ4n) is 4.27. The second-order valence-electron chi connectivity index (χ2n) is 6.92. The first-order valence-electron chi connectivity index (χ1n) is 9.22. The second kappa shape index (κ2) is 5.52. The van der Waals surface area contributed by atoms with Crippen LogP contribution < -0.4 is 0 Å². The Kier molecular flexibility index (Phi) is 3.00. The van der Waals surface area contributed by atoms with Crippen molar-refractivity contribution in [3.63, 3.8) is 0 Å². The number of rotatable bonds is 2. The molecule has 0 saturated heterocycles. The third-order valence-corrected chi connectivity index (χ3v) is 5.47. The van der Waals surface area contributed by atoms with Crippen LogP contribution in [-0.4, -0.2) is 16.5 Å². The van der Waals surface area contributed by atoms with E-state index in [4.69, 9.17) is 0 Å². The summed E-state index contributed by atoms with van der Waals surface area (Å²) in [6.07, 6.45) is 0. The minimum Gasteiger partial charge on any atom is -0.368 e. The van der Waals surface area contributed by atoms with Gasteiger partial charge in [0.1, 0.15) is 0 Å². The molecular formula is C24H16BN2. The topological polar surface area (TPSA) is 9.86 Å². The summed E-state index contributed by atoms with van der Waals surface area (Å²) in [5, 5.41) is 5.13. The smallest absolute Gasteiger partial charge is 0.368 e. The molecule has 6 aromatic rings. The average Bonchev–Trinajstić information content (AvgIpc) is 3.23. The molecule has 3 heteroatoms. The zero-order valence-corrected chi connectivity index (χ0v) is 14.7. The molecular weight excluding hydrogens is 327 g/mol. The molecule has 0 fully saturated rings.